The molecular formula is C29H30N4O11. The highest BCUT2D eigenvalue weighted by Gasteiger charge is 2.63. The van der Waals surface area contributed by atoms with Gasteiger partial charge in [-0.15, -0.1) is 0 Å². The van der Waals surface area contributed by atoms with Gasteiger partial charge < -0.3 is 24.2 Å². The Hall–Kier alpha value is -4.89. The molecule has 0 aromatic heterocycles. The largest absolute Gasteiger partial charge is 0.456 e. The summed E-state index contributed by atoms with van der Waals surface area (Å²) in [4.78, 5) is 63.1. The number of aliphatic hydroxyl groups is 1. The predicted molar refractivity (Wildman–Crippen MR) is 149 cm³/mol. The van der Waals surface area contributed by atoms with E-state index in [0.29, 0.717) is 29.7 Å². The van der Waals surface area contributed by atoms with Crippen LogP contribution in [0.4, 0.5) is 16.2 Å². The molecule has 2 amide bonds. The van der Waals surface area contributed by atoms with E-state index in [2.05, 4.69) is 0 Å². The molecule has 3 aliphatic rings. The quantitative estimate of drug-likeness (QED) is 0.180. The number of ether oxygens (including phenoxy) is 3. The van der Waals surface area contributed by atoms with E-state index >= 15 is 0 Å². The molecule has 44 heavy (non-hydrogen) atoms. The molecule has 0 spiro atoms. The van der Waals surface area contributed by atoms with Crippen molar-refractivity contribution >= 4 is 29.3 Å². The van der Waals surface area contributed by atoms with Crippen LogP contribution in [0.25, 0.3) is 0 Å². The van der Waals surface area contributed by atoms with Crippen molar-refractivity contribution in [3.63, 3.8) is 0 Å². The minimum absolute atomic E-state index is 0.0109. The molecule has 1 N–H and O–H groups in total. The number of nitrogens with zero attached hydrogens (tertiary/aromatic N) is 4. The second-order valence-corrected chi connectivity index (χ2v) is 10.8. The van der Waals surface area contributed by atoms with Crippen molar-refractivity contribution in [2.24, 2.45) is 11.8 Å². The van der Waals surface area contributed by atoms with Crippen LogP contribution in [-0.4, -0.2) is 81.2 Å². The lowest BCUT2D eigenvalue weighted by molar-refractivity contribution is -0.385. The Labute approximate surface area is 250 Å². The van der Waals surface area contributed by atoms with Crippen molar-refractivity contribution in [3.8, 4) is 0 Å². The van der Waals surface area contributed by atoms with Crippen LogP contribution >= 0.6 is 0 Å². The van der Waals surface area contributed by atoms with E-state index in [1.165, 1.54) is 72.4 Å². The molecule has 232 valence electrons. The molecule has 5 rings (SSSR count). The fraction of sp³-hybridized carbons (Fsp3) is 0.414. The Bertz CT molecular complexity index is 1510. The van der Waals surface area contributed by atoms with E-state index in [9.17, 15) is 39.7 Å². The maximum Gasteiger partial charge on any atom is 0.410 e. The van der Waals surface area contributed by atoms with E-state index in [4.69, 9.17) is 14.2 Å². The van der Waals surface area contributed by atoms with Gasteiger partial charge in [-0.25, -0.2) is 9.59 Å². The predicted octanol–water partition coefficient (Wildman–Crippen LogP) is 2.70. The number of β-lactam (4-membered cyclic amide) rings is 1. The van der Waals surface area contributed by atoms with Crippen molar-refractivity contribution < 1.29 is 43.5 Å². The van der Waals surface area contributed by atoms with Crippen molar-refractivity contribution in [2.75, 3.05) is 20.2 Å². The summed E-state index contributed by atoms with van der Waals surface area (Å²) >= 11 is 0. The number of carbonyl (C=O) groups excluding carboxylic acids is 3. The third kappa shape index (κ3) is 5.70. The summed E-state index contributed by atoms with van der Waals surface area (Å²) in [6.45, 7) is 1.66. The SMILES string of the molecule is COC1C([C@@H]2CCN(C(=O)OCc3ccc([N+](=O)[O-])cc3)C2)=C(C(=O)OCc2ccc([N+](=O)[O-])cc2)N2C(=O)[C@H]([C@@H](C)O)[C@H]12. The number of fused-ring (bicyclic) bond motifs is 1. The van der Waals surface area contributed by atoms with Gasteiger partial charge in [0.15, 0.2) is 0 Å². The van der Waals surface area contributed by atoms with E-state index in [-0.39, 0.29) is 42.7 Å². The second kappa shape index (κ2) is 12.4. The number of esters is 1. The lowest BCUT2D eigenvalue weighted by Gasteiger charge is -2.46. The number of nitro benzene ring substituents is 2. The molecule has 15 heteroatoms. The highest BCUT2D eigenvalue weighted by molar-refractivity contribution is 6.01. The Balaban J connectivity index is 1.32. The number of non-ortho nitro benzene ring substituents is 2. The molecule has 15 nitrogen and oxygen atoms in total. The van der Waals surface area contributed by atoms with Gasteiger partial charge in [-0.2, -0.15) is 0 Å². The maximum absolute atomic E-state index is 13.5. The minimum atomic E-state index is -0.993. The standard InChI is InChI=1S/C29H30N4O11/c1-16(34)22-24-26(42-2)23(19-11-12-30(13-19)29(37)44-15-18-5-9-21(10-6-18)33(40)41)25(31(24)27(22)35)28(36)43-14-17-3-7-20(8-4-17)32(38)39/h3-10,16,19,22,24,26,34H,11-15H2,1-2H3/t16-,19-,22-,24-,26?/m1/s1. The summed E-state index contributed by atoms with van der Waals surface area (Å²) in [6, 6.07) is 10.5. The van der Waals surface area contributed by atoms with Crippen molar-refractivity contribution in [1.82, 2.24) is 9.80 Å². The van der Waals surface area contributed by atoms with Gasteiger partial charge in [-0.05, 0) is 54.3 Å². The Morgan fingerprint density at radius 2 is 1.52 bits per heavy atom. The third-order valence-corrected chi connectivity index (χ3v) is 8.20. The van der Waals surface area contributed by atoms with Crippen LogP contribution < -0.4 is 0 Å². The van der Waals surface area contributed by atoms with Gasteiger partial charge in [-0.3, -0.25) is 29.9 Å². The number of nitro groups is 2. The Morgan fingerprint density at radius 3 is 2.02 bits per heavy atom. The van der Waals surface area contributed by atoms with Gasteiger partial charge in [0.05, 0.1) is 27.9 Å². The molecule has 2 aromatic carbocycles. The zero-order valence-corrected chi connectivity index (χ0v) is 23.9. The van der Waals surface area contributed by atoms with Crippen molar-refractivity contribution in [2.45, 2.75) is 44.8 Å². The minimum Gasteiger partial charge on any atom is -0.456 e. The van der Waals surface area contributed by atoms with Crippen LogP contribution in [0.1, 0.15) is 24.5 Å². The molecule has 2 saturated heterocycles. The van der Waals surface area contributed by atoms with Gasteiger partial charge in [0.2, 0.25) is 5.91 Å². The molecule has 3 aliphatic heterocycles. The number of amides is 2. The van der Waals surface area contributed by atoms with Gasteiger partial charge >= 0.3 is 12.1 Å². The highest BCUT2D eigenvalue weighted by atomic mass is 16.6. The lowest BCUT2D eigenvalue weighted by atomic mass is 9.80. The zero-order valence-electron chi connectivity index (χ0n) is 23.9. The van der Waals surface area contributed by atoms with E-state index in [0.717, 1.165) is 0 Å². The molecule has 2 fully saturated rings. The molecule has 0 saturated carbocycles. The van der Waals surface area contributed by atoms with Gasteiger partial charge in [-0.1, -0.05) is 0 Å². The summed E-state index contributed by atoms with van der Waals surface area (Å²) in [5.41, 5.74) is 1.39. The number of carbonyl (C=O) groups is 3. The Morgan fingerprint density at radius 1 is 0.977 bits per heavy atom. The molecule has 0 radical (unpaired) electrons. The summed E-state index contributed by atoms with van der Waals surface area (Å²) in [5, 5.41) is 32.1. The number of rotatable bonds is 10. The highest BCUT2D eigenvalue weighted by Crippen LogP contribution is 2.49. The fourth-order valence-corrected chi connectivity index (χ4v) is 6.03. The number of likely N-dealkylation sites (tertiary alicyclic amines) is 1. The van der Waals surface area contributed by atoms with Crippen LogP contribution in [0.2, 0.25) is 0 Å². The Kier molecular flexibility index (Phi) is 8.60. The van der Waals surface area contributed by atoms with Crippen LogP contribution in [-0.2, 0) is 37.0 Å². The molecule has 3 heterocycles. The molecule has 0 bridgehead atoms. The number of benzene rings is 2. The van der Waals surface area contributed by atoms with Crippen molar-refractivity contribution in [1.29, 1.82) is 0 Å². The first-order valence-electron chi connectivity index (χ1n) is 13.8. The van der Waals surface area contributed by atoms with E-state index < -0.39 is 52.0 Å². The topological polar surface area (TPSA) is 192 Å². The first-order valence-corrected chi connectivity index (χ1v) is 13.8. The van der Waals surface area contributed by atoms with Crippen molar-refractivity contribution in [3.05, 3.63) is 91.2 Å². The zero-order chi connectivity index (χ0) is 31.7. The van der Waals surface area contributed by atoms with Gasteiger partial charge in [0.25, 0.3) is 11.4 Å². The van der Waals surface area contributed by atoms with Crippen LogP contribution in [0.15, 0.2) is 59.8 Å². The average molecular weight is 611 g/mol. The maximum atomic E-state index is 13.5. The lowest BCUT2D eigenvalue weighted by Crippen LogP contribution is -2.65. The molecule has 5 atom stereocenters. The van der Waals surface area contributed by atoms with Gasteiger partial charge in [0.1, 0.15) is 25.0 Å². The average Bonchev–Trinajstić information content (AvgIpc) is 3.60. The van der Waals surface area contributed by atoms with Crippen LogP contribution in [0.5, 0.6) is 0 Å². The monoisotopic (exact) mass is 610 g/mol. The third-order valence-electron chi connectivity index (χ3n) is 8.20. The number of hydrogen-bond donors (Lipinski definition) is 1. The number of aliphatic hydroxyl groups excluding tert-OH is 1. The van der Waals surface area contributed by atoms with Crippen LogP contribution in [0, 0.1) is 32.1 Å². The summed E-state index contributed by atoms with van der Waals surface area (Å²) in [7, 11) is 1.45. The summed E-state index contributed by atoms with van der Waals surface area (Å²) in [6.07, 6.45) is -1.89. The number of methoxy groups -OCH3 is 1. The normalized spacial score (nSPS) is 23.2. The summed E-state index contributed by atoms with van der Waals surface area (Å²) in [5.74, 6) is -2.41. The van der Waals surface area contributed by atoms with Crippen LogP contribution in [0.3, 0.4) is 0 Å². The molecule has 0 aliphatic carbocycles. The molecular weight excluding hydrogens is 580 g/mol. The van der Waals surface area contributed by atoms with Gasteiger partial charge in [0, 0.05) is 50.4 Å². The smallest absolute Gasteiger partial charge is 0.410 e. The number of hydrogen-bond acceptors (Lipinski definition) is 11. The van der Waals surface area contributed by atoms with E-state index in [1.54, 1.807) is 0 Å². The molecule has 2 aromatic rings. The first-order chi connectivity index (χ1) is 21.0. The fourth-order valence-electron chi connectivity index (χ4n) is 6.03. The first kappa shape index (κ1) is 30.6. The summed E-state index contributed by atoms with van der Waals surface area (Å²) < 4.78 is 16.8. The van der Waals surface area contributed by atoms with E-state index in [1.807, 2.05) is 0 Å². The second-order valence-electron chi connectivity index (χ2n) is 10.8. The molecule has 1 unspecified atom stereocenters.